The highest BCUT2D eigenvalue weighted by Gasteiger charge is 2.24. The predicted octanol–water partition coefficient (Wildman–Crippen LogP) is 0.510. The first-order valence-corrected chi connectivity index (χ1v) is 5.09. The molecule has 0 aliphatic rings. The maximum atomic E-state index is 9.03. The van der Waals surface area contributed by atoms with E-state index in [-0.39, 0.29) is 23.4 Å². The van der Waals surface area contributed by atoms with Gasteiger partial charge in [-0.2, -0.15) is 0 Å². The van der Waals surface area contributed by atoms with Crippen molar-refractivity contribution in [3.8, 4) is 0 Å². The van der Waals surface area contributed by atoms with Crippen LogP contribution in [0.25, 0.3) is 0 Å². The Morgan fingerprint density at radius 2 is 1.87 bits per heavy atom. The number of amidine groups is 1. The van der Waals surface area contributed by atoms with Crippen LogP contribution in [-0.2, 0) is 0 Å². The fourth-order valence-corrected chi connectivity index (χ4v) is 1.03. The van der Waals surface area contributed by atoms with Crippen LogP contribution >= 0.6 is 0 Å². The van der Waals surface area contributed by atoms with Crippen LogP contribution < -0.4 is 11.1 Å². The molecule has 0 saturated carbocycles. The molecule has 5 heteroatoms. The zero-order valence-corrected chi connectivity index (χ0v) is 10.0. The van der Waals surface area contributed by atoms with Crippen molar-refractivity contribution in [3.05, 3.63) is 0 Å². The van der Waals surface area contributed by atoms with Crippen molar-refractivity contribution in [1.29, 1.82) is 0 Å². The molecule has 0 spiro atoms. The molecular formula is C10H23N3O2. The van der Waals surface area contributed by atoms with Gasteiger partial charge in [-0.05, 0) is 26.8 Å². The van der Waals surface area contributed by atoms with Crippen LogP contribution in [0.1, 0.15) is 34.1 Å². The first-order chi connectivity index (χ1) is 6.75. The summed E-state index contributed by atoms with van der Waals surface area (Å²) in [6, 6.07) is 0. The zero-order valence-electron chi connectivity index (χ0n) is 10.0. The molecular weight excluding hydrogens is 194 g/mol. The van der Waals surface area contributed by atoms with Gasteiger partial charge in [0.1, 0.15) is 5.84 Å². The number of hydrogen-bond acceptors (Lipinski definition) is 4. The highest BCUT2D eigenvalue weighted by atomic mass is 16.4. The lowest BCUT2D eigenvalue weighted by atomic mass is 9.88. The fourth-order valence-electron chi connectivity index (χ4n) is 1.03. The minimum Gasteiger partial charge on any atom is -0.409 e. The number of nitrogens with one attached hydrogen (secondary N) is 1. The average Bonchev–Trinajstić information content (AvgIpc) is 2.16. The van der Waals surface area contributed by atoms with Gasteiger partial charge >= 0.3 is 0 Å². The van der Waals surface area contributed by atoms with Crippen molar-refractivity contribution >= 4 is 5.84 Å². The van der Waals surface area contributed by atoms with Gasteiger partial charge in [0.05, 0.1) is 6.61 Å². The van der Waals surface area contributed by atoms with Crippen LogP contribution in [0.3, 0.4) is 0 Å². The van der Waals surface area contributed by atoms with E-state index in [1.165, 1.54) is 0 Å². The van der Waals surface area contributed by atoms with E-state index in [2.05, 4.69) is 10.5 Å². The van der Waals surface area contributed by atoms with Crippen molar-refractivity contribution in [3.63, 3.8) is 0 Å². The van der Waals surface area contributed by atoms with E-state index in [1.54, 1.807) is 0 Å². The monoisotopic (exact) mass is 217 g/mol. The second-order valence-corrected chi connectivity index (χ2v) is 5.09. The van der Waals surface area contributed by atoms with E-state index >= 15 is 0 Å². The fraction of sp³-hybridized carbons (Fsp3) is 0.900. The third-order valence-corrected chi connectivity index (χ3v) is 2.55. The second-order valence-electron chi connectivity index (χ2n) is 5.09. The Morgan fingerprint density at radius 1 is 1.33 bits per heavy atom. The van der Waals surface area contributed by atoms with Gasteiger partial charge in [0.2, 0.25) is 0 Å². The molecule has 0 radical (unpaired) electrons. The number of nitrogens with two attached hydrogens (primary N) is 1. The van der Waals surface area contributed by atoms with Crippen LogP contribution in [0.2, 0.25) is 0 Å². The molecule has 0 fully saturated rings. The topological polar surface area (TPSA) is 90.9 Å². The van der Waals surface area contributed by atoms with Crippen LogP contribution in [0.5, 0.6) is 0 Å². The van der Waals surface area contributed by atoms with Gasteiger partial charge in [-0.25, -0.2) is 0 Å². The van der Waals surface area contributed by atoms with Crippen LogP contribution in [0.15, 0.2) is 5.16 Å². The Hall–Kier alpha value is -0.810. The van der Waals surface area contributed by atoms with Crippen molar-refractivity contribution in [2.45, 2.75) is 39.7 Å². The van der Waals surface area contributed by atoms with Gasteiger partial charge in [-0.1, -0.05) is 19.0 Å². The molecule has 15 heavy (non-hydrogen) atoms. The summed E-state index contributed by atoms with van der Waals surface area (Å²) in [5.41, 5.74) is 4.93. The van der Waals surface area contributed by atoms with Crippen molar-refractivity contribution in [2.24, 2.45) is 16.3 Å². The molecule has 0 aromatic carbocycles. The molecule has 0 aromatic rings. The Kier molecular flexibility index (Phi) is 5.03. The average molecular weight is 217 g/mol. The highest BCUT2D eigenvalue weighted by molar-refractivity contribution is 5.85. The summed E-state index contributed by atoms with van der Waals surface area (Å²) in [5, 5.41) is 23.8. The summed E-state index contributed by atoms with van der Waals surface area (Å²) < 4.78 is 0. The zero-order chi connectivity index (χ0) is 12.1. The summed E-state index contributed by atoms with van der Waals surface area (Å²) in [6.45, 7) is 8.45. The first kappa shape index (κ1) is 14.2. The van der Waals surface area contributed by atoms with E-state index in [0.717, 1.165) is 6.42 Å². The van der Waals surface area contributed by atoms with Gasteiger partial charge < -0.3 is 21.4 Å². The lowest BCUT2D eigenvalue weighted by Gasteiger charge is -2.28. The summed E-state index contributed by atoms with van der Waals surface area (Å²) in [6.07, 6.45) is 0.742. The van der Waals surface area contributed by atoms with Crippen LogP contribution in [0, 0.1) is 5.41 Å². The predicted molar refractivity (Wildman–Crippen MR) is 61.0 cm³/mol. The maximum Gasteiger partial charge on any atom is 0.144 e. The number of aliphatic hydroxyl groups excluding tert-OH is 1. The lowest BCUT2D eigenvalue weighted by Crippen LogP contribution is -2.45. The number of hydrogen-bond donors (Lipinski definition) is 4. The SMILES string of the molecule is CC(C)(CO)NCCC(C)(C)C(N)=NO. The summed E-state index contributed by atoms with van der Waals surface area (Å²) in [4.78, 5) is 0. The molecule has 5 nitrogen and oxygen atoms in total. The molecule has 0 aromatic heterocycles. The van der Waals surface area contributed by atoms with Crippen LogP contribution in [0.4, 0.5) is 0 Å². The largest absolute Gasteiger partial charge is 0.409 e. The van der Waals surface area contributed by atoms with E-state index in [0.29, 0.717) is 6.54 Å². The normalized spacial score (nSPS) is 14.3. The molecule has 90 valence electrons. The number of nitrogens with zero attached hydrogens (tertiary/aromatic N) is 1. The Morgan fingerprint density at radius 3 is 2.27 bits per heavy atom. The molecule has 0 atom stereocenters. The van der Waals surface area contributed by atoms with Gasteiger partial charge in [0.15, 0.2) is 0 Å². The third kappa shape index (κ3) is 4.99. The first-order valence-electron chi connectivity index (χ1n) is 5.09. The Labute approximate surface area is 91.4 Å². The quantitative estimate of drug-likeness (QED) is 0.226. The minimum absolute atomic E-state index is 0.0804. The third-order valence-electron chi connectivity index (χ3n) is 2.55. The van der Waals surface area contributed by atoms with E-state index in [1.807, 2.05) is 27.7 Å². The van der Waals surface area contributed by atoms with Gasteiger partial charge in [-0.15, -0.1) is 0 Å². The number of oxime groups is 1. The minimum atomic E-state index is -0.340. The molecule has 0 bridgehead atoms. The molecule has 0 saturated heterocycles. The summed E-state index contributed by atoms with van der Waals surface area (Å²) in [5.74, 6) is 0.228. The highest BCUT2D eigenvalue weighted by Crippen LogP contribution is 2.19. The lowest BCUT2D eigenvalue weighted by molar-refractivity contribution is 0.185. The van der Waals surface area contributed by atoms with E-state index in [9.17, 15) is 0 Å². The van der Waals surface area contributed by atoms with Gasteiger partial charge in [0, 0.05) is 11.0 Å². The second kappa shape index (κ2) is 5.32. The van der Waals surface area contributed by atoms with Gasteiger partial charge in [-0.3, -0.25) is 0 Å². The summed E-state index contributed by atoms with van der Waals surface area (Å²) >= 11 is 0. The molecule has 0 amide bonds. The van der Waals surface area contributed by atoms with Crippen molar-refractivity contribution in [2.75, 3.05) is 13.2 Å². The molecule has 0 aliphatic heterocycles. The maximum absolute atomic E-state index is 9.03. The van der Waals surface area contributed by atoms with Crippen LogP contribution in [-0.4, -0.2) is 34.8 Å². The van der Waals surface area contributed by atoms with Gasteiger partial charge in [0.25, 0.3) is 0 Å². The van der Waals surface area contributed by atoms with Crippen molar-refractivity contribution in [1.82, 2.24) is 5.32 Å². The van der Waals surface area contributed by atoms with E-state index < -0.39 is 0 Å². The molecule has 0 heterocycles. The molecule has 0 unspecified atom stereocenters. The van der Waals surface area contributed by atoms with E-state index in [4.69, 9.17) is 16.0 Å². The van der Waals surface area contributed by atoms with Crippen molar-refractivity contribution < 1.29 is 10.3 Å². The number of rotatable bonds is 6. The summed E-state index contributed by atoms with van der Waals surface area (Å²) in [7, 11) is 0. The molecule has 5 N–H and O–H groups in total. The standard InChI is InChI=1S/C10H23N3O2/c1-9(2,8(11)13-15)5-6-12-10(3,4)7-14/h12,14-15H,5-7H2,1-4H3,(H2,11,13). The molecule has 0 rings (SSSR count). The number of aliphatic hydroxyl groups is 1. The Balaban J connectivity index is 4.07. The smallest absolute Gasteiger partial charge is 0.144 e. The molecule has 0 aliphatic carbocycles. The Bertz CT molecular complexity index is 225.